The number of rotatable bonds is 6. The lowest BCUT2D eigenvalue weighted by molar-refractivity contribution is 0.173. The molecule has 0 heterocycles. The molecule has 0 spiro atoms. The van der Waals surface area contributed by atoms with Gasteiger partial charge >= 0.3 is 6.03 Å². The molecule has 1 saturated carbocycles. The molecule has 0 aromatic heterocycles. The Kier molecular flexibility index (Phi) is 6.71. The maximum absolute atomic E-state index is 11.9. The van der Waals surface area contributed by atoms with E-state index in [-0.39, 0.29) is 24.8 Å². The van der Waals surface area contributed by atoms with E-state index in [2.05, 4.69) is 10.6 Å². The molecule has 3 N–H and O–H groups in total. The lowest BCUT2D eigenvalue weighted by Crippen LogP contribution is -2.46. The first-order valence-corrected chi connectivity index (χ1v) is 8.45. The monoisotopic (exact) mass is 320 g/mol. The summed E-state index contributed by atoms with van der Waals surface area (Å²) in [7, 11) is 0. The molecule has 1 aliphatic carbocycles. The van der Waals surface area contributed by atoms with Gasteiger partial charge in [-0.15, -0.1) is 0 Å². The molecule has 128 valence electrons. The van der Waals surface area contributed by atoms with E-state index in [4.69, 9.17) is 9.84 Å². The van der Waals surface area contributed by atoms with Crippen LogP contribution in [0.3, 0.4) is 0 Å². The fourth-order valence-corrected chi connectivity index (χ4v) is 2.85. The fourth-order valence-electron chi connectivity index (χ4n) is 2.85. The molecule has 5 nitrogen and oxygen atoms in total. The normalized spacial score (nSPS) is 22.2. The van der Waals surface area contributed by atoms with Crippen molar-refractivity contribution in [2.75, 3.05) is 13.2 Å². The molecule has 1 unspecified atom stereocenters. The van der Waals surface area contributed by atoms with Crippen LogP contribution >= 0.6 is 0 Å². The Hall–Kier alpha value is -1.75. The third-order valence-electron chi connectivity index (χ3n) is 4.35. The number of urea groups is 1. The molecule has 1 atom stereocenters. The zero-order valence-corrected chi connectivity index (χ0v) is 14.0. The Balaban J connectivity index is 1.64. The highest BCUT2D eigenvalue weighted by Crippen LogP contribution is 2.23. The molecule has 2 amide bonds. The van der Waals surface area contributed by atoms with E-state index < -0.39 is 0 Å². The predicted molar refractivity (Wildman–Crippen MR) is 90.6 cm³/mol. The van der Waals surface area contributed by atoms with E-state index in [1.807, 2.05) is 38.1 Å². The van der Waals surface area contributed by atoms with E-state index in [1.165, 1.54) is 5.56 Å². The minimum atomic E-state index is -0.142. The van der Waals surface area contributed by atoms with Gasteiger partial charge < -0.3 is 20.5 Å². The molecule has 1 aromatic rings. The minimum Gasteiger partial charge on any atom is -0.489 e. The number of aryl methyl sites for hydroxylation is 1. The molecule has 0 bridgehead atoms. The number of aliphatic hydroxyl groups excluding tert-OH is 1. The van der Waals surface area contributed by atoms with Crippen molar-refractivity contribution in [3.05, 3.63) is 29.8 Å². The molecule has 1 aliphatic rings. The van der Waals surface area contributed by atoms with Crippen molar-refractivity contribution in [1.29, 1.82) is 0 Å². The summed E-state index contributed by atoms with van der Waals surface area (Å²) < 4.78 is 5.77. The van der Waals surface area contributed by atoms with Gasteiger partial charge in [0, 0.05) is 12.6 Å². The van der Waals surface area contributed by atoms with E-state index in [0.717, 1.165) is 31.4 Å². The first kappa shape index (κ1) is 17.6. The Morgan fingerprint density at radius 3 is 2.52 bits per heavy atom. The van der Waals surface area contributed by atoms with Crippen LogP contribution in [-0.4, -0.2) is 36.4 Å². The van der Waals surface area contributed by atoms with E-state index >= 15 is 0 Å². The highest BCUT2D eigenvalue weighted by molar-refractivity contribution is 5.74. The van der Waals surface area contributed by atoms with Crippen molar-refractivity contribution in [1.82, 2.24) is 10.6 Å². The van der Waals surface area contributed by atoms with Gasteiger partial charge in [0.2, 0.25) is 0 Å². The molecule has 23 heavy (non-hydrogen) atoms. The van der Waals surface area contributed by atoms with Crippen molar-refractivity contribution in [2.45, 2.75) is 51.7 Å². The van der Waals surface area contributed by atoms with Crippen LogP contribution in [0.25, 0.3) is 0 Å². The second kappa shape index (κ2) is 8.77. The van der Waals surface area contributed by atoms with Crippen LogP contribution < -0.4 is 15.4 Å². The summed E-state index contributed by atoms with van der Waals surface area (Å²) in [4.78, 5) is 11.9. The Morgan fingerprint density at radius 2 is 1.91 bits per heavy atom. The first-order valence-electron chi connectivity index (χ1n) is 8.45. The van der Waals surface area contributed by atoms with Gasteiger partial charge in [0.25, 0.3) is 0 Å². The SMILES string of the molecule is Cc1ccc(OC(C)CNC(=O)NC2CCC(CO)CC2)cc1. The maximum atomic E-state index is 11.9. The molecule has 1 aromatic carbocycles. The number of aliphatic hydroxyl groups is 1. The van der Waals surface area contributed by atoms with E-state index in [1.54, 1.807) is 0 Å². The average Bonchev–Trinajstić information content (AvgIpc) is 2.56. The number of hydrogen-bond donors (Lipinski definition) is 3. The van der Waals surface area contributed by atoms with Crippen LogP contribution in [0.1, 0.15) is 38.2 Å². The van der Waals surface area contributed by atoms with Crippen molar-refractivity contribution in [3.8, 4) is 5.75 Å². The summed E-state index contributed by atoms with van der Waals surface area (Å²) in [6.07, 6.45) is 3.75. The maximum Gasteiger partial charge on any atom is 0.315 e. The number of ether oxygens (including phenoxy) is 1. The van der Waals surface area contributed by atoms with Crippen molar-refractivity contribution in [2.24, 2.45) is 5.92 Å². The molecular formula is C18H28N2O3. The largest absolute Gasteiger partial charge is 0.489 e. The van der Waals surface area contributed by atoms with Gasteiger partial charge in [-0.05, 0) is 57.6 Å². The molecule has 5 heteroatoms. The molecule has 1 fully saturated rings. The lowest BCUT2D eigenvalue weighted by atomic mass is 9.87. The zero-order valence-electron chi connectivity index (χ0n) is 14.0. The first-order chi connectivity index (χ1) is 11.1. The molecule has 0 saturated heterocycles. The summed E-state index contributed by atoms with van der Waals surface area (Å²) >= 11 is 0. The van der Waals surface area contributed by atoms with Crippen LogP contribution in [0.5, 0.6) is 5.75 Å². The smallest absolute Gasteiger partial charge is 0.315 e. The Bertz CT molecular complexity index is 482. The second-order valence-electron chi connectivity index (χ2n) is 6.50. The predicted octanol–water partition coefficient (Wildman–Crippen LogP) is 2.61. The van der Waals surface area contributed by atoms with Crippen LogP contribution in [0, 0.1) is 12.8 Å². The van der Waals surface area contributed by atoms with Gasteiger partial charge in [-0.3, -0.25) is 0 Å². The quantitative estimate of drug-likeness (QED) is 0.754. The summed E-state index contributed by atoms with van der Waals surface area (Å²) in [6, 6.07) is 7.95. The van der Waals surface area contributed by atoms with E-state index in [9.17, 15) is 4.79 Å². The highest BCUT2D eigenvalue weighted by atomic mass is 16.5. The number of nitrogens with one attached hydrogen (secondary N) is 2. The highest BCUT2D eigenvalue weighted by Gasteiger charge is 2.21. The summed E-state index contributed by atoms with van der Waals surface area (Å²) in [6.45, 7) is 4.69. The Labute approximate surface area is 138 Å². The van der Waals surface area contributed by atoms with Crippen LogP contribution in [0.4, 0.5) is 4.79 Å². The topological polar surface area (TPSA) is 70.6 Å². The number of amides is 2. The zero-order chi connectivity index (χ0) is 16.7. The average molecular weight is 320 g/mol. The molecule has 0 radical (unpaired) electrons. The molecule has 2 rings (SSSR count). The number of benzene rings is 1. The van der Waals surface area contributed by atoms with Crippen LogP contribution in [0.15, 0.2) is 24.3 Å². The summed E-state index contributed by atoms with van der Waals surface area (Å²) in [5.74, 6) is 1.21. The van der Waals surface area contributed by atoms with Gasteiger partial charge in [0.15, 0.2) is 0 Å². The van der Waals surface area contributed by atoms with Crippen LogP contribution in [0.2, 0.25) is 0 Å². The van der Waals surface area contributed by atoms with Crippen molar-refractivity contribution >= 4 is 6.03 Å². The third kappa shape index (κ3) is 6.10. The van der Waals surface area contributed by atoms with Gasteiger partial charge in [0.1, 0.15) is 11.9 Å². The standard InChI is InChI=1S/C18H28N2O3/c1-13-3-9-17(10-4-13)23-14(2)11-19-18(22)20-16-7-5-15(12-21)6-8-16/h3-4,9-10,14-16,21H,5-8,11-12H2,1-2H3,(H2,19,20,22). The second-order valence-corrected chi connectivity index (χ2v) is 6.50. The molecular weight excluding hydrogens is 292 g/mol. The van der Waals surface area contributed by atoms with Gasteiger partial charge in [0.05, 0.1) is 6.54 Å². The van der Waals surface area contributed by atoms with Crippen molar-refractivity contribution < 1.29 is 14.6 Å². The van der Waals surface area contributed by atoms with Crippen LogP contribution in [-0.2, 0) is 0 Å². The van der Waals surface area contributed by atoms with Crippen molar-refractivity contribution in [3.63, 3.8) is 0 Å². The third-order valence-corrected chi connectivity index (χ3v) is 4.35. The Morgan fingerprint density at radius 1 is 1.26 bits per heavy atom. The van der Waals surface area contributed by atoms with Gasteiger partial charge in [-0.1, -0.05) is 17.7 Å². The number of carbonyl (C=O) groups is 1. The molecule has 0 aliphatic heterocycles. The number of hydrogen-bond acceptors (Lipinski definition) is 3. The summed E-state index contributed by atoms with van der Waals surface area (Å²) in [5, 5.41) is 15.0. The lowest BCUT2D eigenvalue weighted by Gasteiger charge is -2.28. The van der Waals surface area contributed by atoms with E-state index in [0.29, 0.717) is 12.5 Å². The summed E-state index contributed by atoms with van der Waals surface area (Å²) in [5.41, 5.74) is 1.19. The number of carbonyl (C=O) groups excluding carboxylic acids is 1. The van der Waals surface area contributed by atoms with Gasteiger partial charge in [-0.2, -0.15) is 0 Å². The fraction of sp³-hybridized carbons (Fsp3) is 0.611. The van der Waals surface area contributed by atoms with Gasteiger partial charge in [-0.25, -0.2) is 4.79 Å². The minimum absolute atomic E-state index is 0.0893.